The average molecular weight is 811 g/mol. The van der Waals surface area contributed by atoms with E-state index in [2.05, 4.69) is 10.6 Å². The van der Waals surface area contributed by atoms with Crippen LogP contribution in [0.5, 0.6) is 0 Å². The van der Waals surface area contributed by atoms with Gasteiger partial charge in [0.2, 0.25) is 23.6 Å². The van der Waals surface area contributed by atoms with E-state index in [0.717, 1.165) is 22.3 Å². The van der Waals surface area contributed by atoms with Crippen molar-refractivity contribution in [2.75, 3.05) is 47.7 Å². The summed E-state index contributed by atoms with van der Waals surface area (Å²) >= 11 is 0. The first-order valence-corrected chi connectivity index (χ1v) is 20.2. The molecule has 0 spiro atoms. The van der Waals surface area contributed by atoms with Crippen molar-refractivity contribution in [1.82, 2.24) is 9.80 Å². The monoisotopic (exact) mass is 810 g/mol. The van der Waals surface area contributed by atoms with Crippen LogP contribution in [-0.4, -0.2) is 97.1 Å². The molecule has 2 saturated heterocycles. The number of ether oxygens (including phenoxy) is 2. The number of amides is 6. The number of carbonyl (C=O) groups excluding carboxylic acids is 6. The maximum atomic E-state index is 13.9. The molecular formula is C46H46N6O8. The van der Waals surface area contributed by atoms with Crippen molar-refractivity contribution >= 4 is 70.7 Å². The number of methoxy groups -OCH3 is 2. The van der Waals surface area contributed by atoms with E-state index in [9.17, 15) is 28.8 Å². The van der Waals surface area contributed by atoms with Gasteiger partial charge in [0.15, 0.2) is 0 Å². The lowest BCUT2D eigenvalue weighted by atomic mass is 10.1. The maximum Gasteiger partial charge on any atom is 0.414 e. The molecule has 2 fully saturated rings. The summed E-state index contributed by atoms with van der Waals surface area (Å²) in [7, 11) is 2.58. The van der Waals surface area contributed by atoms with Crippen LogP contribution in [0.1, 0.15) is 47.9 Å². The van der Waals surface area contributed by atoms with Gasteiger partial charge in [0, 0.05) is 37.3 Å². The highest BCUT2D eigenvalue weighted by Crippen LogP contribution is 2.36. The third kappa shape index (κ3) is 7.80. The predicted octanol–water partition coefficient (Wildman–Crippen LogP) is 6.11. The number of carbonyl (C=O) groups is 6. The van der Waals surface area contributed by atoms with Crippen molar-refractivity contribution in [3.63, 3.8) is 0 Å². The summed E-state index contributed by atoms with van der Waals surface area (Å²) in [6, 6.07) is 26.6. The molecule has 4 aromatic rings. The fourth-order valence-corrected chi connectivity index (χ4v) is 8.80. The number of fused-ring (bicyclic) bond motifs is 2. The Kier molecular flexibility index (Phi) is 11.4. The minimum Gasteiger partial charge on any atom is -0.452 e. The molecule has 0 aliphatic carbocycles. The smallest absolute Gasteiger partial charge is 0.414 e. The number of likely N-dealkylation sites (tertiary alicyclic amines) is 2. The van der Waals surface area contributed by atoms with Gasteiger partial charge in [-0.05, 0) is 84.3 Å². The molecule has 4 aromatic carbocycles. The van der Waals surface area contributed by atoms with E-state index in [1.54, 1.807) is 46.2 Å². The van der Waals surface area contributed by atoms with E-state index in [1.165, 1.54) is 24.0 Å². The van der Waals surface area contributed by atoms with Crippen molar-refractivity contribution in [3.05, 3.63) is 119 Å². The van der Waals surface area contributed by atoms with Crippen LogP contribution < -0.4 is 20.4 Å². The highest BCUT2D eigenvalue weighted by molar-refractivity contribution is 6.05. The van der Waals surface area contributed by atoms with Gasteiger partial charge >= 0.3 is 12.2 Å². The molecule has 14 nitrogen and oxygen atoms in total. The van der Waals surface area contributed by atoms with Crippen LogP contribution in [-0.2, 0) is 41.5 Å². The number of benzene rings is 4. The van der Waals surface area contributed by atoms with Gasteiger partial charge in [-0.2, -0.15) is 0 Å². The second kappa shape index (κ2) is 17.1. The second-order valence-electron chi connectivity index (χ2n) is 15.3. The van der Waals surface area contributed by atoms with Crippen molar-refractivity contribution in [3.8, 4) is 0 Å². The van der Waals surface area contributed by atoms with Gasteiger partial charge in [0.25, 0.3) is 0 Å². The zero-order valence-corrected chi connectivity index (χ0v) is 33.4. The third-order valence-corrected chi connectivity index (χ3v) is 11.8. The zero-order chi connectivity index (χ0) is 41.9. The molecule has 0 bridgehead atoms. The molecule has 8 rings (SSSR count). The summed E-state index contributed by atoms with van der Waals surface area (Å²) in [6.45, 7) is 0.843. The van der Waals surface area contributed by atoms with Crippen molar-refractivity contribution in [2.24, 2.45) is 0 Å². The highest BCUT2D eigenvalue weighted by atomic mass is 16.5. The molecule has 0 unspecified atom stereocenters. The van der Waals surface area contributed by atoms with Crippen molar-refractivity contribution in [1.29, 1.82) is 0 Å². The topological polar surface area (TPSA) is 158 Å². The van der Waals surface area contributed by atoms with E-state index in [0.29, 0.717) is 74.4 Å². The minimum absolute atomic E-state index is 0.279. The number of hydrogen-bond donors (Lipinski definition) is 2. The van der Waals surface area contributed by atoms with Gasteiger partial charge in [0.05, 0.1) is 25.6 Å². The zero-order valence-electron chi connectivity index (χ0n) is 33.4. The molecule has 0 aromatic heterocycles. The molecule has 60 heavy (non-hydrogen) atoms. The molecule has 4 heterocycles. The van der Waals surface area contributed by atoms with Crippen LogP contribution in [0.15, 0.2) is 97.1 Å². The highest BCUT2D eigenvalue weighted by Gasteiger charge is 2.46. The molecule has 0 radical (unpaired) electrons. The quantitative estimate of drug-likeness (QED) is 0.202. The second-order valence-corrected chi connectivity index (χ2v) is 15.3. The number of hydrogen-bond acceptors (Lipinski definition) is 8. The first kappa shape index (κ1) is 39.8. The van der Waals surface area contributed by atoms with Crippen molar-refractivity contribution in [2.45, 2.75) is 62.7 Å². The van der Waals surface area contributed by atoms with Gasteiger partial charge in [-0.25, -0.2) is 9.59 Å². The first-order valence-electron chi connectivity index (χ1n) is 20.2. The summed E-state index contributed by atoms with van der Waals surface area (Å²) in [6.07, 6.45) is 5.74. The third-order valence-electron chi connectivity index (χ3n) is 11.8. The Morgan fingerprint density at radius 1 is 0.533 bits per heavy atom. The number of anilines is 4. The number of para-hydroxylation sites is 2. The number of rotatable bonds is 8. The average Bonchev–Trinajstić information content (AvgIpc) is 4.10. The van der Waals surface area contributed by atoms with E-state index in [4.69, 9.17) is 9.47 Å². The Bertz CT molecular complexity index is 2180. The summed E-state index contributed by atoms with van der Waals surface area (Å²) in [5.41, 5.74) is 6.02. The van der Waals surface area contributed by atoms with Gasteiger partial charge < -0.3 is 29.9 Å². The van der Waals surface area contributed by atoms with Crippen LogP contribution in [0, 0.1) is 0 Å². The predicted molar refractivity (Wildman–Crippen MR) is 226 cm³/mol. The fraction of sp³-hybridized carbons (Fsp3) is 0.304. The molecule has 0 saturated carbocycles. The van der Waals surface area contributed by atoms with E-state index in [1.807, 2.05) is 72.8 Å². The lowest BCUT2D eigenvalue weighted by Crippen LogP contribution is -2.53. The molecule has 2 N–H and O–H groups in total. The molecule has 308 valence electrons. The van der Waals surface area contributed by atoms with Crippen LogP contribution >= 0.6 is 0 Å². The molecule has 4 aliphatic heterocycles. The van der Waals surface area contributed by atoms with E-state index >= 15 is 0 Å². The molecule has 4 atom stereocenters. The fourth-order valence-electron chi connectivity index (χ4n) is 8.80. The first-order chi connectivity index (χ1) is 29.1. The standard InChI is InChI=1S/C46H46N6O8/c1-59-45(57)51-35-11-5-3-9-31(35)27-39(51)43(55)49-25-7-13-37(49)41(53)47-33-21-17-29(18-22-33)15-16-30-19-23-34(24-20-30)48-42(54)38-14-8-26-50(38)44(56)40-28-32-10-4-6-12-36(32)52(40)46(58)60-2/h3-6,9-12,15-24,37-40H,7-8,13-14,25-28H2,1-2H3,(H,47,53)(H,48,54)/t37-,38-,39-,40-/m0/s1. The number of nitrogens with one attached hydrogen (secondary N) is 2. The van der Waals surface area contributed by atoms with E-state index in [-0.39, 0.29) is 23.6 Å². The maximum absolute atomic E-state index is 13.9. The Morgan fingerprint density at radius 3 is 1.30 bits per heavy atom. The summed E-state index contributed by atoms with van der Waals surface area (Å²) in [4.78, 5) is 86.1. The number of nitrogens with zero attached hydrogens (tertiary/aromatic N) is 4. The van der Waals surface area contributed by atoms with Gasteiger partial charge in [-0.3, -0.25) is 29.0 Å². The van der Waals surface area contributed by atoms with Crippen LogP contribution in [0.4, 0.5) is 32.3 Å². The summed E-state index contributed by atoms with van der Waals surface area (Å²) < 4.78 is 10.0. The van der Waals surface area contributed by atoms with Crippen LogP contribution in [0.3, 0.4) is 0 Å². The Hall–Kier alpha value is -6.96. The molecule has 4 aliphatic rings. The van der Waals surface area contributed by atoms with Gasteiger partial charge in [-0.1, -0.05) is 72.8 Å². The normalized spacial score (nSPS) is 20.5. The lowest BCUT2D eigenvalue weighted by molar-refractivity contribution is -0.137. The minimum atomic E-state index is -0.784. The van der Waals surface area contributed by atoms with Crippen molar-refractivity contribution < 1.29 is 38.2 Å². The Balaban J connectivity index is 0.845. The molecule has 14 heteroatoms. The van der Waals surface area contributed by atoms with Crippen LogP contribution in [0.25, 0.3) is 12.2 Å². The summed E-state index contributed by atoms with van der Waals surface area (Å²) in [5.74, 6) is -1.13. The molecule has 6 amide bonds. The largest absolute Gasteiger partial charge is 0.452 e. The summed E-state index contributed by atoms with van der Waals surface area (Å²) in [5, 5.41) is 5.92. The lowest BCUT2D eigenvalue weighted by Gasteiger charge is -2.30. The van der Waals surface area contributed by atoms with Gasteiger partial charge in [0.1, 0.15) is 24.2 Å². The van der Waals surface area contributed by atoms with E-state index < -0.39 is 36.4 Å². The van der Waals surface area contributed by atoms with Crippen LogP contribution in [0.2, 0.25) is 0 Å². The van der Waals surface area contributed by atoms with Gasteiger partial charge in [-0.15, -0.1) is 0 Å². The Morgan fingerprint density at radius 2 is 0.917 bits per heavy atom. The SMILES string of the molecule is COC(=O)N1c2ccccc2C[C@H]1C(=O)N1CCC[C@H]1C(=O)Nc1ccc(C=Cc2ccc(NC(=O)[C@@H]3CCCN3C(=O)[C@@H]3Cc4ccccc4N3C(=O)OC)cc2)cc1. The molecular weight excluding hydrogens is 765 g/mol. The Labute approximate surface area is 347 Å².